The van der Waals surface area contributed by atoms with Gasteiger partial charge >= 0.3 is 0 Å². The van der Waals surface area contributed by atoms with E-state index >= 15 is 0 Å². The number of allylic oxidation sites excluding steroid dienone is 4. The third-order valence-corrected chi connectivity index (χ3v) is 18.4. The maximum absolute atomic E-state index is 12.9. The van der Waals surface area contributed by atoms with Crippen LogP contribution >= 0.6 is 0 Å². The number of hydrogen-bond acceptors (Lipinski definition) is 2. The molecule has 0 saturated heterocycles. The van der Waals surface area contributed by atoms with Crippen LogP contribution in [0.5, 0.6) is 0 Å². The van der Waals surface area contributed by atoms with Crippen molar-refractivity contribution < 1.29 is 4.79 Å². The van der Waals surface area contributed by atoms with E-state index in [4.69, 9.17) is 0 Å². The predicted molar refractivity (Wildman–Crippen MR) is 205 cm³/mol. The Bertz CT molecular complexity index is 1550. The van der Waals surface area contributed by atoms with Gasteiger partial charge in [0, 0.05) is 29.5 Å². The molecule has 0 heterocycles. The van der Waals surface area contributed by atoms with Gasteiger partial charge in [0.05, 0.1) is 0 Å². The molecule has 1 aromatic carbocycles. The SMILES string of the molecule is CCC(=O)C1CC(NC(=C2CCC2)C23CCCC2C2CCC4C5(C)CC=C(c6ccc(C)cc6)C(C)(C)C5CCC4(C)[C@]2(C)CC3)C1(C)C. The van der Waals surface area contributed by atoms with Crippen molar-refractivity contribution in [3.8, 4) is 0 Å². The molecule has 6 saturated carbocycles. The Morgan fingerprint density at radius 1 is 0.796 bits per heavy atom. The van der Waals surface area contributed by atoms with Crippen LogP contribution in [0.1, 0.15) is 163 Å². The molecule has 1 aromatic rings. The molecule has 7 aliphatic rings. The molecule has 7 aliphatic carbocycles. The minimum atomic E-state index is 0.0533. The molecule has 0 aromatic heterocycles. The highest BCUT2D eigenvalue weighted by Crippen LogP contribution is 2.78. The summed E-state index contributed by atoms with van der Waals surface area (Å²) in [6.07, 6.45) is 22.3. The van der Waals surface area contributed by atoms with Crippen molar-refractivity contribution in [2.45, 2.75) is 165 Å². The van der Waals surface area contributed by atoms with E-state index in [-0.39, 0.29) is 16.7 Å². The summed E-state index contributed by atoms with van der Waals surface area (Å²) in [7, 11) is 0. The molecule has 0 radical (unpaired) electrons. The highest BCUT2D eigenvalue weighted by atomic mass is 16.1. The van der Waals surface area contributed by atoms with Gasteiger partial charge in [-0.1, -0.05) is 103 Å². The van der Waals surface area contributed by atoms with Gasteiger partial charge in [0.25, 0.3) is 0 Å². The number of carbonyl (C=O) groups excluding carboxylic acids is 1. The smallest absolute Gasteiger partial charge is 0.136 e. The van der Waals surface area contributed by atoms with Crippen LogP contribution < -0.4 is 5.32 Å². The zero-order chi connectivity index (χ0) is 34.8. The summed E-state index contributed by atoms with van der Waals surface area (Å²) in [5.74, 6) is 3.90. The predicted octanol–water partition coefficient (Wildman–Crippen LogP) is 12.3. The van der Waals surface area contributed by atoms with Crippen LogP contribution in [-0.2, 0) is 4.79 Å². The molecule has 0 aliphatic heterocycles. The summed E-state index contributed by atoms with van der Waals surface area (Å²) in [6.45, 7) is 22.6. The van der Waals surface area contributed by atoms with E-state index < -0.39 is 0 Å². The van der Waals surface area contributed by atoms with Gasteiger partial charge in [-0.3, -0.25) is 4.79 Å². The summed E-state index contributed by atoms with van der Waals surface area (Å²) >= 11 is 0. The van der Waals surface area contributed by atoms with Crippen molar-refractivity contribution in [2.24, 2.45) is 62.1 Å². The number of ketones is 1. The highest BCUT2D eigenvalue weighted by Gasteiger charge is 2.70. The van der Waals surface area contributed by atoms with E-state index in [2.05, 4.69) is 98.0 Å². The van der Waals surface area contributed by atoms with Crippen molar-refractivity contribution >= 4 is 11.4 Å². The molecule has 0 bridgehead atoms. The number of fused-ring (bicyclic) bond motifs is 7. The largest absolute Gasteiger partial charge is 0.385 e. The van der Waals surface area contributed by atoms with Crippen LogP contribution in [0, 0.1) is 69.0 Å². The van der Waals surface area contributed by atoms with Crippen LogP contribution in [0.15, 0.2) is 41.6 Å². The fourth-order valence-corrected chi connectivity index (χ4v) is 15.2. The van der Waals surface area contributed by atoms with E-state index in [1.165, 1.54) is 94.6 Å². The molecule has 6 fully saturated rings. The molecule has 2 heteroatoms. The monoisotopic (exact) mass is 664 g/mol. The normalized spacial score (nSPS) is 44.6. The highest BCUT2D eigenvalue weighted by molar-refractivity contribution is 5.82. The van der Waals surface area contributed by atoms with Gasteiger partial charge in [-0.25, -0.2) is 0 Å². The Balaban J connectivity index is 1.09. The lowest BCUT2D eigenvalue weighted by molar-refractivity contribution is -0.220. The number of hydrogen-bond donors (Lipinski definition) is 1. The molecule has 49 heavy (non-hydrogen) atoms. The number of nitrogens with one attached hydrogen (secondary N) is 1. The molecule has 8 rings (SSSR count). The number of Topliss-reactive ketones (excluding diaryl/α,β-unsaturated/α-hetero) is 1. The zero-order valence-corrected chi connectivity index (χ0v) is 32.9. The molecule has 2 nitrogen and oxygen atoms in total. The summed E-state index contributed by atoms with van der Waals surface area (Å²) < 4.78 is 0. The molecular weight excluding hydrogens is 595 g/mol. The lowest BCUT2D eigenvalue weighted by Crippen LogP contribution is -2.66. The first-order chi connectivity index (χ1) is 23.1. The van der Waals surface area contributed by atoms with Crippen molar-refractivity contribution in [1.29, 1.82) is 0 Å². The molecule has 0 spiro atoms. The van der Waals surface area contributed by atoms with Gasteiger partial charge in [-0.05, 0) is 152 Å². The topological polar surface area (TPSA) is 29.1 Å². The van der Waals surface area contributed by atoms with Gasteiger partial charge in [0.1, 0.15) is 5.78 Å². The van der Waals surface area contributed by atoms with E-state index in [1.807, 2.05) is 0 Å². The average molecular weight is 664 g/mol. The molecule has 268 valence electrons. The minimum absolute atomic E-state index is 0.0533. The molecule has 0 amide bonds. The lowest BCUT2D eigenvalue weighted by Gasteiger charge is -2.72. The lowest BCUT2D eigenvalue weighted by atomic mass is 9.32. The molecule has 9 unspecified atom stereocenters. The first kappa shape index (κ1) is 34.3. The van der Waals surface area contributed by atoms with Crippen molar-refractivity contribution in [1.82, 2.24) is 5.32 Å². The second-order valence-corrected chi connectivity index (χ2v) is 20.7. The third kappa shape index (κ3) is 4.58. The number of carbonyl (C=O) groups is 1. The van der Waals surface area contributed by atoms with Crippen LogP contribution in [0.4, 0.5) is 0 Å². The van der Waals surface area contributed by atoms with Gasteiger partial charge in [0.15, 0.2) is 0 Å². The Hall–Kier alpha value is -1.83. The molecular formula is C47H69NO. The van der Waals surface area contributed by atoms with Crippen molar-refractivity contribution in [2.75, 3.05) is 0 Å². The quantitative estimate of drug-likeness (QED) is 0.328. The second kappa shape index (κ2) is 11.3. The first-order valence-electron chi connectivity index (χ1n) is 20.9. The fourth-order valence-electron chi connectivity index (χ4n) is 15.2. The summed E-state index contributed by atoms with van der Waals surface area (Å²) in [4.78, 5) is 12.9. The van der Waals surface area contributed by atoms with Gasteiger partial charge in [-0.2, -0.15) is 0 Å². The molecule has 10 atom stereocenters. The maximum atomic E-state index is 12.9. The first-order valence-corrected chi connectivity index (χ1v) is 20.9. The van der Waals surface area contributed by atoms with Crippen LogP contribution in [-0.4, -0.2) is 11.8 Å². The van der Waals surface area contributed by atoms with Crippen LogP contribution in [0.25, 0.3) is 5.57 Å². The zero-order valence-electron chi connectivity index (χ0n) is 32.9. The van der Waals surface area contributed by atoms with Gasteiger partial charge in [-0.15, -0.1) is 0 Å². The van der Waals surface area contributed by atoms with E-state index in [9.17, 15) is 4.79 Å². The Morgan fingerprint density at radius 3 is 2.18 bits per heavy atom. The Labute approximate surface area is 300 Å². The third-order valence-electron chi connectivity index (χ3n) is 18.4. The van der Waals surface area contributed by atoms with E-state index in [1.54, 1.807) is 16.8 Å². The number of aryl methyl sites for hydroxylation is 1. The fraction of sp³-hybridized carbons (Fsp3) is 0.766. The van der Waals surface area contributed by atoms with Crippen LogP contribution in [0.3, 0.4) is 0 Å². The summed E-state index contributed by atoms with van der Waals surface area (Å²) in [5.41, 5.74) is 9.68. The summed E-state index contributed by atoms with van der Waals surface area (Å²) in [6, 6.07) is 9.84. The maximum Gasteiger partial charge on any atom is 0.136 e. The van der Waals surface area contributed by atoms with Gasteiger partial charge in [0.2, 0.25) is 0 Å². The Kier molecular flexibility index (Phi) is 7.93. The van der Waals surface area contributed by atoms with Crippen LogP contribution in [0.2, 0.25) is 0 Å². The Morgan fingerprint density at radius 2 is 1.53 bits per heavy atom. The van der Waals surface area contributed by atoms with E-state index in [0.717, 1.165) is 30.1 Å². The minimum Gasteiger partial charge on any atom is -0.385 e. The summed E-state index contributed by atoms with van der Waals surface area (Å²) in [5, 5.41) is 4.35. The average Bonchev–Trinajstić information content (AvgIpc) is 3.47. The van der Waals surface area contributed by atoms with Gasteiger partial charge < -0.3 is 5.32 Å². The van der Waals surface area contributed by atoms with E-state index in [0.29, 0.717) is 39.9 Å². The molecule has 1 N–H and O–H groups in total. The van der Waals surface area contributed by atoms with Crippen molar-refractivity contribution in [3.63, 3.8) is 0 Å². The van der Waals surface area contributed by atoms with Crippen molar-refractivity contribution in [3.05, 3.63) is 52.7 Å². The second-order valence-electron chi connectivity index (χ2n) is 20.7. The number of benzene rings is 1. The standard InChI is InChI=1S/C47H69NO/c1-10-37(49)36-29-40(43(36,5)6)48-41(32-13-11-14-32)47-24-12-15-35(47)34-20-21-39-44(7)25-22-33(31-18-16-30(2)17-19-31)42(3,4)38(44)23-26-46(39,9)45(34,8)27-28-47/h16-19,22,34-36,38-40,48H,10-15,20-21,23-29H2,1-9H3/t34?,35?,36?,38?,39?,40?,44?,45-,46?,47?/m1/s1. The number of rotatable bonds is 6.